The number of anilines is 1. The Hall–Kier alpha value is -1.88. The van der Waals surface area contributed by atoms with E-state index in [9.17, 15) is 9.59 Å². The number of rotatable bonds is 6. The highest BCUT2D eigenvalue weighted by molar-refractivity contribution is 5.92. The first-order valence-electron chi connectivity index (χ1n) is 7.37. The van der Waals surface area contributed by atoms with Gasteiger partial charge < -0.3 is 16.2 Å². The molecule has 1 aliphatic carbocycles. The summed E-state index contributed by atoms with van der Waals surface area (Å²) in [5, 5.41) is 11.6. The third-order valence-corrected chi connectivity index (χ3v) is 4.01. The molecule has 0 atom stereocenters. The molecule has 0 saturated heterocycles. The number of hydrogen-bond acceptors (Lipinski definition) is 3. The van der Waals surface area contributed by atoms with Crippen molar-refractivity contribution >= 4 is 17.6 Å². The fourth-order valence-corrected chi connectivity index (χ4v) is 2.87. The van der Waals surface area contributed by atoms with E-state index in [-0.39, 0.29) is 17.9 Å². The third kappa shape index (κ3) is 4.56. The lowest BCUT2D eigenvalue weighted by atomic mass is 9.94. The smallest absolute Gasteiger partial charge is 0.303 e. The van der Waals surface area contributed by atoms with Gasteiger partial charge in [0.2, 0.25) is 5.91 Å². The van der Waals surface area contributed by atoms with Gasteiger partial charge in [0.25, 0.3) is 0 Å². The standard InChI is InChI=1S/C16H22N2O3/c17-16(9-3-4-10-16)11-14(19)18-13-6-2-1-5-12(13)7-8-15(20)21/h1-2,5-6H,3-4,7-11,17H2,(H,18,19)(H,20,21). The molecule has 1 aliphatic rings. The topological polar surface area (TPSA) is 92.4 Å². The molecule has 2 rings (SSSR count). The minimum atomic E-state index is -0.844. The van der Waals surface area contributed by atoms with Gasteiger partial charge in [-0.1, -0.05) is 31.0 Å². The van der Waals surface area contributed by atoms with E-state index in [0.29, 0.717) is 18.5 Å². The molecule has 1 aromatic carbocycles. The molecule has 0 heterocycles. The summed E-state index contributed by atoms with van der Waals surface area (Å²) in [7, 11) is 0. The summed E-state index contributed by atoms with van der Waals surface area (Å²) < 4.78 is 0. The van der Waals surface area contributed by atoms with Crippen LogP contribution in [0.4, 0.5) is 5.69 Å². The van der Waals surface area contributed by atoms with Gasteiger partial charge in [-0.2, -0.15) is 0 Å². The highest BCUT2D eigenvalue weighted by atomic mass is 16.4. The van der Waals surface area contributed by atoms with Crippen molar-refractivity contribution in [2.45, 2.75) is 50.5 Å². The molecule has 0 aromatic heterocycles. The zero-order chi connectivity index (χ0) is 15.3. The van der Waals surface area contributed by atoms with E-state index in [2.05, 4.69) is 5.32 Å². The second-order valence-electron chi connectivity index (χ2n) is 5.85. The number of carbonyl (C=O) groups is 2. The molecule has 4 N–H and O–H groups in total. The number of hydrogen-bond donors (Lipinski definition) is 3. The average Bonchev–Trinajstić information content (AvgIpc) is 2.83. The third-order valence-electron chi connectivity index (χ3n) is 4.01. The molecule has 0 radical (unpaired) electrons. The van der Waals surface area contributed by atoms with Gasteiger partial charge in [0.15, 0.2) is 0 Å². The monoisotopic (exact) mass is 290 g/mol. The number of aliphatic carboxylic acids is 1. The van der Waals surface area contributed by atoms with Gasteiger partial charge in [-0.05, 0) is 30.9 Å². The molecule has 0 unspecified atom stereocenters. The quantitative estimate of drug-likeness (QED) is 0.749. The van der Waals surface area contributed by atoms with E-state index in [0.717, 1.165) is 31.2 Å². The fourth-order valence-electron chi connectivity index (χ4n) is 2.87. The van der Waals surface area contributed by atoms with Crippen LogP contribution in [0.5, 0.6) is 0 Å². The molecule has 114 valence electrons. The summed E-state index contributed by atoms with van der Waals surface area (Å²) in [4.78, 5) is 22.8. The summed E-state index contributed by atoms with van der Waals surface area (Å²) in [5.74, 6) is -0.940. The number of benzene rings is 1. The number of carboxylic acids is 1. The Labute approximate surface area is 124 Å². The van der Waals surface area contributed by atoms with Crippen molar-refractivity contribution in [3.63, 3.8) is 0 Å². The fraction of sp³-hybridized carbons (Fsp3) is 0.500. The molecule has 0 spiro atoms. The maximum Gasteiger partial charge on any atom is 0.303 e. The minimum Gasteiger partial charge on any atom is -0.481 e. The molecule has 1 aromatic rings. The highest BCUT2D eigenvalue weighted by Gasteiger charge is 2.31. The number of amides is 1. The Bertz CT molecular complexity index is 522. The Kier molecular flexibility index (Phi) is 4.96. The molecule has 1 saturated carbocycles. The molecule has 1 amide bonds. The molecule has 0 aliphatic heterocycles. The first-order valence-corrected chi connectivity index (χ1v) is 7.37. The summed E-state index contributed by atoms with van der Waals surface area (Å²) >= 11 is 0. The molecule has 1 fully saturated rings. The van der Waals surface area contributed by atoms with Gasteiger partial charge in [-0.15, -0.1) is 0 Å². The van der Waals surface area contributed by atoms with Gasteiger partial charge in [0.1, 0.15) is 0 Å². The van der Waals surface area contributed by atoms with Gasteiger partial charge in [0, 0.05) is 24.1 Å². The van der Waals surface area contributed by atoms with Crippen LogP contribution >= 0.6 is 0 Å². The first-order chi connectivity index (χ1) is 9.98. The van der Waals surface area contributed by atoms with E-state index in [4.69, 9.17) is 10.8 Å². The van der Waals surface area contributed by atoms with Crippen molar-refractivity contribution in [1.82, 2.24) is 0 Å². The van der Waals surface area contributed by atoms with Gasteiger partial charge in [0.05, 0.1) is 0 Å². The largest absolute Gasteiger partial charge is 0.481 e. The van der Waals surface area contributed by atoms with Crippen LogP contribution in [0.25, 0.3) is 0 Å². The molecule has 5 nitrogen and oxygen atoms in total. The number of nitrogens with one attached hydrogen (secondary N) is 1. The van der Waals surface area contributed by atoms with E-state index in [1.54, 1.807) is 6.07 Å². The number of carboxylic acid groups (broad SMARTS) is 1. The van der Waals surface area contributed by atoms with Gasteiger partial charge in [-0.25, -0.2) is 0 Å². The molecular formula is C16H22N2O3. The zero-order valence-corrected chi connectivity index (χ0v) is 12.1. The Morgan fingerprint density at radius 2 is 1.90 bits per heavy atom. The number of aryl methyl sites for hydroxylation is 1. The summed E-state index contributed by atoms with van der Waals surface area (Å²) in [6.07, 6.45) is 4.72. The Morgan fingerprint density at radius 1 is 1.24 bits per heavy atom. The van der Waals surface area contributed by atoms with Crippen LogP contribution in [-0.4, -0.2) is 22.5 Å². The van der Waals surface area contributed by atoms with Crippen molar-refractivity contribution in [3.05, 3.63) is 29.8 Å². The molecular weight excluding hydrogens is 268 g/mol. The molecule has 5 heteroatoms. The number of carbonyl (C=O) groups excluding carboxylic acids is 1. The number of nitrogens with two attached hydrogens (primary N) is 1. The van der Waals surface area contributed by atoms with Crippen LogP contribution in [0.15, 0.2) is 24.3 Å². The second kappa shape index (κ2) is 6.72. The molecule has 0 bridgehead atoms. The van der Waals surface area contributed by atoms with Crippen LogP contribution in [0, 0.1) is 0 Å². The highest BCUT2D eigenvalue weighted by Crippen LogP contribution is 2.30. The minimum absolute atomic E-state index is 0.0493. The van der Waals surface area contributed by atoms with Crippen LogP contribution in [0.2, 0.25) is 0 Å². The Balaban J connectivity index is 1.98. The van der Waals surface area contributed by atoms with Crippen molar-refractivity contribution in [2.75, 3.05) is 5.32 Å². The lowest BCUT2D eigenvalue weighted by molar-refractivity contribution is -0.137. The maximum absolute atomic E-state index is 12.2. The lowest BCUT2D eigenvalue weighted by Gasteiger charge is -2.23. The normalized spacial score (nSPS) is 16.6. The predicted molar refractivity (Wildman–Crippen MR) is 81.0 cm³/mol. The zero-order valence-electron chi connectivity index (χ0n) is 12.1. The average molecular weight is 290 g/mol. The second-order valence-corrected chi connectivity index (χ2v) is 5.85. The van der Waals surface area contributed by atoms with Crippen LogP contribution in [0.3, 0.4) is 0 Å². The summed E-state index contributed by atoms with van der Waals surface area (Å²) in [6.45, 7) is 0. The lowest BCUT2D eigenvalue weighted by Crippen LogP contribution is -2.40. The Morgan fingerprint density at radius 3 is 2.57 bits per heavy atom. The first kappa shape index (κ1) is 15.5. The van der Waals surface area contributed by atoms with E-state index < -0.39 is 5.97 Å². The van der Waals surface area contributed by atoms with Crippen molar-refractivity contribution in [1.29, 1.82) is 0 Å². The van der Waals surface area contributed by atoms with Crippen molar-refractivity contribution in [3.8, 4) is 0 Å². The van der Waals surface area contributed by atoms with E-state index >= 15 is 0 Å². The van der Waals surface area contributed by atoms with E-state index in [1.807, 2.05) is 18.2 Å². The van der Waals surface area contributed by atoms with Gasteiger partial charge >= 0.3 is 5.97 Å². The van der Waals surface area contributed by atoms with E-state index in [1.165, 1.54) is 0 Å². The van der Waals surface area contributed by atoms with Crippen LogP contribution in [0.1, 0.15) is 44.1 Å². The maximum atomic E-state index is 12.2. The van der Waals surface area contributed by atoms with Gasteiger partial charge in [-0.3, -0.25) is 9.59 Å². The number of para-hydroxylation sites is 1. The SMILES string of the molecule is NC1(CC(=O)Nc2ccccc2CCC(=O)O)CCCC1. The summed E-state index contributed by atoms with van der Waals surface area (Å²) in [6, 6.07) is 7.31. The molecule has 21 heavy (non-hydrogen) atoms. The predicted octanol–water partition coefficient (Wildman–Crippen LogP) is 2.30. The van der Waals surface area contributed by atoms with Crippen molar-refractivity contribution < 1.29 is 14.7 Å². The van der Waals surface area contributed by atoms with Crippen LogP contribution < -0.4 is 11.1 Å². The van der Waals surface area contributed by atoms with Crippen molar-refractivity contribution in [2.24, 2.45) is 5.73 Å². The van der Waals surface area contributed by atoms with Crippen LogP contribution in [-0.2, 0) is 16.0 Å². The summed E-state index contributed by atoms with van der Waals surface area (Å²) in [5.41, 5.74) is 7.36.